The minimum absolute atomic E-state index is 0. The lowest BCUT2D eigenvalue weighted by molar-refractivity contribution is 0.412. The first kappa shape index (κ1) is 18.5. The molecule has 21 heavy (non-hydrogen) atoms. The summed E-state index contributed by atoms with van der Waals surface area (Å²) in [4.78, 5) is 4.41. The van der Waals surface area contributed by atoms with E-state index in [0.717, 1.165) is 15.8 Å². The average molecular weight is 468 g/mol. The monoisotopic (exact) mass is 467 g/mol. The molecule has 2 rings (SSSR count). The van der Waals surface area contributed by atoms with Gasteiger partial charge in [0.05, 0.1) is 18.1 Å². The Labute approximate surface area is 152 Å². The van der Waals surface area contributed by atoms with Crippen molar-refractivity contribution in [2.24, 2.45) is 10.7 Å². The van der Waals surface area contributed by atoms with E-state index in [0.29, 0.717) is 18.5 Å². The van der Waals surface area contributed by atoms with E-state index < -0.39 is 0 Å². The molecule has 4 nitrogen and oxygen atoms in total. The molecule has 0 bridgehead atoms. The van der Waals surface area contributed by atoms with Crippen LogP contribution in [0.15, 0.2) is 27.7 Å². The molecular weight excluding hydrogens is 445 g/mol. The normalized spacial score (nSPS) is 16.2. The third-order valence-electron chi connectivity index (χ3n) is 3.61. The highest BCUT2D eigenvalue weighted by molar-refractivity contribution is 14.0. The highest BCUT2D eigenvalue weighted by Crippen LogP contribution is 2.25. The number of nitrogens with zero attached hydrogens (tertiary/aromatic N) is 1. The molecule has 1 aromatic rings. The number of nitrogens with two attached hydrogens (primary N) is 1. The lowest BCUT2D eigenvalue weighted by Gasteiger charge is -2.23. The van der Waals surface area contributed by atoms with E-state index in [9.17, 15) is 0 Å². The first-order chi connectivity index (χ1) is 9.69. The fourth-order valence-electron chi connectivity index (χ4n) is 2.49. The topological polar surface area (TPSA) is 59.6 Å². The van der Waals surface area contributed by atoms with Gasteiger partial charge < -0.3 is 15.8 Å². The van der Waals surface area contributed by atoms with Gasteiger partial charge in [-0.25, -0.2) is 4.99 Å². The molecule has 0 atom stereocenters. The molecule has 0 heterocycles. The zero-order valence-corrected chi connectivity index (χ0v) is 16.2. The van der Waals surface area contributed by atoms with Crippen LogP contribution in [-0.4, -0.2) is 19.1 Å². The third-order valence-corrected chi connectivity index (χ3v) is 4.23. The van der Waals surface area contributed by atoms with Crippen molar-refractivity contribution in [2.75, 3.05) is 7.11 Å². The molecule has 0 aliphatic heterocycles. The number of nitrogens with one attached hydrogen (secondary N) is 1. The van der Waals surface area contributed by atoms with Crippen LogP contribution in [0.1, 0.15) is 37.7 Å². The standard InChI is InChI=1S/C15H22BrN3O.HI/c1-20-14-8-7-11(9-13(14)16)10-18-15(17)19-12-5-3-2-4-6-12;/h7-9,12H,2-6,10H2,1H3,(H3,17,18,19);1H. The minimum atomic E-state index is 0. The molecule has 3 N–H and O–H groups in total. The summed E-state index contributed by atoms with van der Waals surface area (Å²) in [6, 6.07) is 6.44. The lowest BCUT2D eigenvalue weighted by Crippen LogP contribution is -2.41. The van der Waals surface area contributed by atoms with E-state index in [1.165, 1.54) is 32.1 Å². The first-order valence-corrected chi connectivity index (χ1v) is 7.87. The van der Waals surface area contributed by atoms with Crippen molar-refractivity contribution in [3.05, 3.63) is 28.2 Å². The molecule has 1 saturated carbocycles. The molecule has 0 saturated heterocycles. The number of aliphatic imine (C=N–C) groups is 1. The minimum Gasteiger partial charge on any atom is -0.496 e. The Hall–Kier alpha value is -0.500. The summed E-state index contributed by atoms with van der Waals surface area (Å²) in [5.41, 5.74) is 7.05. The van der Waals surface area contributed by atoms with Gasteiger partial charge >= 0.3 is 0 Å². The van der Waals surface area contributed by atoms with Crippen molar-refractivity contribution in [2.45, 2.75) is 44.7 Å². The quantitative estimate of drug-likeness (QED) is 0.402. The van der Waals surface area contributed by atoms with Crippen molar-refractivity contribution >= 4 is 45.9 Å². The molecule has 0 amide bonds. The van der Waals surface area contributed by atoms with E-state index >= 15 is 0 Å². The van der Waals surface area contributed by atoms with Gasteiger partial charge in [-0.1, -0.05) is 25.3 Å². The first-order valence-electron chi connectivity index (χ1n) is 7.08. The van der Waals surface area contributed by atoms with E-state index in [1.807, 2.05) is 18.2 Å². The summed E-state index contributed by atoms with van der Waals surface area (Å²) >= 11 is 3.47. The van der Waals surface area contributed by atoms with Crippen LogP contribution in [0.4, 0.5) is 0 Å². The Balaban J connectivity index is 0.00000220. The number of halogens is 2. The number of ether oxygens (including phenoxy) is 1. The second-order valence-electron chi connectivity index (χ2n) is 5.15. The van der Waals surface area contributed by atoms with Crippen molar-refractivity contribution in [1.29, 1.82) is 0 Å². The highest BCUT2D eigenvalue weighted by Gasteiger charge is 2.13. The van der Waals surface area contributed by atoms with Crippen molar-refractivity contribution in [1.82, 2.24) is 5.32 Å². The van der Waals surface area contributed by atoms with Gasteiger partial charge in [0.25, 0.3) is 0 Å². The molecule has 1 fully saturated rings. The number of guanidine groups is 1. The van der Waals surface area contributed by atoms with Crippen LogP contribution in [0.3, 0.4) is 0 Å². The van der Waals surface area contributed by atoms with Gasteiger partial charge in [-0.05, 0) is 46.5 Å². The van der Waals surface area contributed by atoms with E-state index in [4.69, 9.17) is 10.5 Å². The predicted octanol–water partition coefficient (Wildman–Crippen LogP) is 3.81. The van der Waals surface area contributed by atoms with Crippen LogP contribution in [-0.2, 0) is 6.54 Å². The lowest BCUT2D eigenvalue weighted by atomic mass is 9.96. The van der Waals surface area contributed by atoms with Gasteiger partial charge in [0, 0.05) is 6.04 Å². The molecule has 1 aromatic carbocycles. The van der Waals surface area contributed by atoms with Crippen LogP contribution in [0, 0.1) is 0 Å². The van der Waals surface area contributed by atoms with Crippen LogP contribution in [0.25, 0.3) is 0 Å². The van der Waals surface area contributed by atoms with Gasteiger partial charge in [0.2, 0.25) is 0 Å². The smallest absolute Gasteiger partial charge is 0.189 e. The third kappa shape index (κ3) is 6.02. The number of hydrogen-bond acceptors (Lipinski definition) is 2. The van der Waals surface area contributed by atoms with Gasteiger partial charge in [-0.2, -0.15) is 0 Å². The summed E-state index contributed by atoms with van der Waals surface area (Å²) in [7, 11) is 1.66. The van der Waals surface area contributed by atoms with Crippen molar-refractivity contribution in [3.8, 4) is 5.75 Å². The maximum Gasteiger partial charge on any atom is 0.189 e. The molecule has 1 aliphatic rings. The fourth-order valence-corrected chi connectivity index (χ4v) is 3.07. The van der Waals surface area contributed by atoms with E-state index in [-0.39, 0.29) is 24.0 Å². The van der Waals surface area contributed by atoms with Gasteiger partial charge in [0.15, 0.2) is 5.96 Å². The molecule has 0 unspecified atom stereocenters. The van der Waals surface area contributed by atoms with Crippen LogP contribution >= 0.6 is 39.9 Å². The molecule has 0 radical (unpaired) electrons. The second-order valence-corrected chi connectivity index (χ2v) is 6.00. The summed E-state index contributed by atoms with van der Waals surface area (Å²) in [6.45, 7) is 0.578. The van der Waals surface area contributed by atoms with Crippen LogP contribution < -0.4 is 15.8 Å². The molecule has 118 valence electrons. The summed E-state index contributed by atoms with van der Waals surface area (Å²) < 4.78 is 6.14. The number of methoxy groups -OCH3 is 1. The van der Waals surface area contributed by atoms with E-state index in [1.54, 1.807) is 7.11 Å². The molecule has 1 aliphatic carbocycles. The van der Waals surface area contributed by atoms with Crippen molar-refractivity contribution in [3.63, 3.8) is 0 Å². The van der Waals surface area contributed by atoms with Crippen molar-refractivity contribution < 1.29 is 4.74 Å². The Morgan fingerprint density at radius 1 is 1.38 bits per heavy atom. The average Bonchev–Trinajstić information content (AvgIpc) is 2.46. The maximum absolute atomic E-state index is 5.95. The highest BCUT2D eigenvalue weighted by atomic mass is 127. The number of hydrogen-bond donors (Lipinski definition) is 2. The summed E-state index contributed by atoms with van der Waals surface area (Å²) in [6.07, 6.45) is 6.32. The number of rotatable bonds is 4. The largest absolute Gasteiger partial charge is 0.496 e. The van der Waals surface area contributed by atoms with Crippen LogP contribution in [0.2, 0.25) is 0 Å². The SMILES string of the molecule is COc1ccc(CN=C(N)NC2CCCCC2)cc1Br.I. The Kier molecular flexibility index (Phi) is 8.39. The summed E-state index contributed by atoms with van der Waals surface area (Å²) in [5.74, 6) is 1.37. The predicted molar refractivity (Wildman–Crippen MR) is 101 cm³/mol. The molecule has 6 heteroatoms. The zero-order chi connectivity index (χ0) is 14.4. The Bertz CT molecular complexity index is 476. The van der Waals surface area contributed by atoms with Gasteiger partial charge in [-0.15, -0.1) is 24.0 Å². The zero-order valence-electron chi connectivity index (χ0n) is 12.3. The molecule has 0 spiro atoms. The Morgan fingerprint density at radius 2 is 2.10 bits per heavy atom. The van der Waals surface area contributed by atoms with Gasteiger partial charge in [0.1, 0.15) is 5.75 Å². The maximum atomic E-state index is 5.95. The van der Waals surface area contributed by atoms with Gasteiger partial charge in [-0.3, -0.25) is 0 Å². The molecule has 0 aromatic heterocycles. The van der Waals surface area contributed by atoms with E-state index in [2.05, 4.69) is 26.2 Å². The summed E-state index contributed by atoms with van der Waals surface area (Å²) in [5, 5.41) is 3.32. The Morgan fingerprint density at radius 3 is 2.71 bits per heavy atom. The number of benzene rings is 1. The molecular formula is C15H23BrIN3O. The fraction of sp³-hybridized carbons (Fsp3) is 0.533. The van der Waals surface area contributed by atoms with Crippen LogP contribution in [0.5, 0.6) is 5.75 Å². The second kappa shape index (κ2) is 9.50.